The van der Waals surface area contributed by atoms with Gasteiger partial charge < -0.3 is 10.1 Å². The molecule has 0 heterocycles. The Kier molecular flexibility index (Phi) is 7.91. The van der Waals surface area contributed by atoms with E-state index in [2.05, 4.69) is 26.6 Å². The molecular formula is C23H20BrN3O4S. The highest BCUT2D eigenvalue weighted by molar-refractivity contribution is 9.10. The molecule has 0 radical (unpaired) electrons. The van der Waals surface area contributed by atoms with Crippen LogP contribution in [0.5, 0.6) is 5.75 Å². The van der Waals surface area contributed by atoms with Crippen LogP contribution in [0.4, 0.5) is 11.4 Å². The number of nitro benzene ring substituents is 1. The summed E-state index contributed by atoms with van der Waals surface area (Å²) < 4.78 is 6.55. The van der Waals surface area contributed by atoms with Crippen LogP contribution in [0, 0.1) is 17.0 Å². The van der Waals surface area contributed by atoms with Crippen LogP contribution >= 0.6 is 28.1 Å². The number of hydrogen-bond donors (Lipinski definition) is 2. The van der Waals surface area contributed by atoms with Crippen LogP contribution in [0.15, 0.2) is 71.2 Å². The lowest BCUT2D eigenvalue weighted by atomic mass is 10.1. The molecule has 164 valence electrons. The van der Waals surface area contributed by atoms with Crippen LogP contribution in [0.2, 0.25) is 0 Å². The molecule has 32 heavy (non-hydrogen) atoms. The van der Waals surface area contributed by atoms with Crippen molar-refractivity contribution in [2.75, 3.05) is 11.9 Å². The standard InChI is InChI=1S/C23H20BrN3O4S/c1-15-7-9-19(20(13-15)27(29)30)25-23(32)26-22(28)18-14-17(24)8-10-21(18)31-12-11-16-5-3-2-4-6-16/h2-10,13-14H,11-12H2,1H3,(H2,25,26,28,32). The number of halogens is 1. The molecule has 0 atom stereocenters. The number of benzene rings is 3. The number of anilines is 1. The van der Waals surface area contributed by atoms with Gasteiger partial charge in [0.15, 0.2) is 5.11 Å². The lowest BCUT2D eigenvalue weighted by molar-refractivity contribution is -0.383. The van der Waals surface area contributed by atoms with Crippen LogP contribution in [0.3, 0.4) is 0 Å². The molecule has 1 amide bonds. The summed E-state index contributed by atoms with van der Waals surface area (Å²) >= 11 is 8.56. The second-order valence-corrected chi connectivity index (χ2v) is 8.23. The van der Waals surface area contributed by atoms with Gasteiger partial charge in [-0.05, 0) is 54.5 Å². The quantitative estimate of drug-likeness (QED) is 0.249. The Morgan fingerprint density at radius 3 is 2.59 bits per heavy atom. The number of nitrogens with zero attached hydrogens (tertiary/aromatic N) is 1. The van der Waals surface area contributed by atoms with E-state index in [0.717, 1.165) is 11.1 Å². The van der Waals surface area contributed by atoms with E-state index >= 15 is 0 Å². The Hall–Kier alpha value is -3.30. The molecule has 0 fully saturated rings. The summed E-state index contributed by atoms with van der Waals surface area (Å²) in [6.07, 6.45) is 0.690. The summed E-state index contributed by atoms with van der Waals surface area (Å²) in [5.41, 5.74) is 2.22. The number of thiocarbonyl (C=S) groups is 1. The highest BCUT2D eigenvalue weighted by atomic mass is 79.9. The first kappa shape index (κ1) is 23.4. The van der Waals surface area contributed by atoms with Gasteiger partial charge in [-0.1, -0.05) is 52.3 Å². The van der Waals surface area contributed by atoms with E-state index in [4.69, 9.17) is 17.0 Å². The van der Waals surface area contributed by atoms with Crippen molar-refractivity contribution in [3.05, 3.63) is 98.0 Å². The summed E-state index contributed by atoms with van der Waals surface area (Å²) in [4.78, 5) is 23.6. The molecule has 0 bridgehead atoms. The van der Waals surface area contributed by atoms with Crippen LogP contribution in [-0.2, 0) is 6.42 Å². The van der Waals surface area contributed by atoms with Gasteiger partial charge in [-0.25, -0.2) is 0 Å². The Morgan fingerprint density at radius 2 is 1.88 bits per heavy atom. The van der Waals surface area contributed by atoms with Gasteiger partial charge in [0, 0.05) is 17.0 Å². The van der Waals surface area contributed by atoms with E-state index in [1.165, 1.54) is 6.07 Å². The van der Waals surface area contributed by atoms with Crippen molar-refractivity contribution in [1.82, 2.24) is 5.32 Å². The number of nitro groups is 1. The second-order valence-electron chi connectivity index (χ2n) is 6.91. The predicted octanol–water partition coefficient (Wildman–Crippen LogP) is 5.41. The third-order valence-corrected chi connectivity index (χ3v) is 5.20. The molecule has 3 aromatic rings. The van der Waals surface area contributed by atoms with Gasteiger partial charge >= 0.3 is 0 Å². The van der Waals surface area contributed by atoms with E-state index in [0.29, 0.717) is 23.2 Å². The van der Waals surface area contributed by atoms with Gasteiger partial charge in [0.2, 0.25) is 0 Å². The minimum atomic E-state index is -0.507. The molecule has 0 aliphatic heterocycles. The summed E-state index contributed by atoms with van der Waals surface area (Å²) in [6, 6.07) is 19.7. The Labute approximate surface area is 199 Å². The number of nitrogens with one attached hydrogen (secondary N) is 2. The number of carbonyl (C=O) groups excluding carboxylic acids is 1. The van der Waals surface area contributed by atoms with Crippen molar-refractivity contribution in [3.8, 4) is 5.75 Å². The number of carbonyl (C=O) groups is 1. The Morgan fingerprint density at radius 1 is 1.12 bits per heavy atom. The topological polar surface area (TPSA) is 93.5 Å². The fraction of sp³-hybridized carbons (Fsp3) is 0.130. The molecule has 7 nitrogen and oxygen atoms in total. The minimum absolute atomic E-state index is 0.0582. The summed E-state index contributed by atoms with van der Waals surface area (Å²) in [6.45, 7) is 2.15. The Balaban J connectivity index is 1.68. The van der Waals surface area contributed by atoms with E-state index in [9.17, 15) is 14.9 Å². The first-order valence-corrected chi connectivity index (χ1v) is 10.9. The van der Waals surface area contributed by atoms with Crippen molar-refractivity contribution < 1.29 is 14.5 Å². The summed E-state index contributed by atoms with van der Waals surface area (Å²) in [5, 5.41) is 16.5. The normalized spacial score (nSPS) is 10.3. The highest BCUT2D eigenvalue weighted by Gasteiger charge is 2.18. The molecule has 2 N–H and O–H groups in total. The lowest BCUT2D eigenvalue weighted by Crippen LogP contribution is -2.34. The second kappa shape index (κ2) is 10.8. The molecule has 0 aromatic heterocycles. The molecule has 3 aromatic carbocycles. The minimum Gasteiger partial charge on any atom is -0.492 e. The number of amides is 1. The third-order valence-electron chi connectivity index (χ3n) is 4.50. The molecule has 0 saturated heterocycles. The van der Waals surface area contributed by atoms with Gasteiger partial charge in [-0.15, -0.1) is 0 Å². The molecule has 0 unspecified atom stereocenters. The highest BCUT2D eigenvalue weighted by Crippen LogP contribution is 2.26. The molecule has 0 saturated carbocycles. The van der Waals surface area contributed by atoms with Crippen LogP contribution in [0.25, 0.3) is 0 Å². The van der Waals surface area contributed by atoms with Crippen LogP contribution < -0.4 is 15.4 Å². The zero-order chi connectivity index (χ0) is 23.1. The molecule has 0 aliphatic carbocycles. The fourth-order valence-corrected chi connectivity index (χ4v) is 3.52. The summed E-state index contributed by atoms with van der Waals surface area (Å²) in [7, 11) is 0. The number of rotatable bonds is 7. The molecule has 0 spiro atoms. The van der Waals surface area contributed by atoms with Crippen molar-refractivity contribution >= 4 is 50.5 Å². The van der Waals surface area contributed by atoms with Crippen molar-refractivity contribution in [2.45, 2.75) is 13.3 Å². The maximum Gasteiger partial charge on any atom is 0.292 e. The predicted molar refractivity (Wildman–Crippen MR) is 131 cm³/mol. The number of ether oxygens (including phenoxy) is 1. The van der Waals surface area contributed by atoms with Crippen LogP contribution in [0.1, 0.15) is 21.5 Å². The molecular weight excluding hydrogens is 494 g/mol. The van der Waals surface area contributed by atoms with Gasteiger partial charge in [-0.2, -0.15) is 0 Å². The molecule has 0 aliphatic rings. The first-order chi connectivity index (χ1) is 15.3. The fourth-order valence-electron chi connectivity index (χ4n) is 2.95. The van der Waals surface area contributed by atoms with Crippen molar-refractivity contribution in [2.24, 2.45) is 0 Å². The van der Waals surface area contributed by atoms with E-state index in [1.54, 1.807) is 37.3 Å². The van der Waals surface area contributed by atoms with Crippen molar-refractivity contribution in [1.29, 1.82) is 0 Å². The maximum atomic E-state index is 12.9. The van der Waals surface area contributed by atoms with Gasteiger partial charge in [0.25, 0.3) is 11.6 Å². The number of hydrogen-bond acceptors (Lipinski definition) is 5. The van der Waals surface area contributed by atoms with E-state index in [1.807, 2.05) is 30.3 Å². The van der Waals surface area contributed by atoms with E-state index < -0.39 is 10.8 Å². The Bertz CT molecular complexity index is 1160. The van der Waals surface area contributed by atoms with Crippen LogP contribution in [-0.4, -0.2) is 22.5 Å². The zero-order valence-corrected chi connectivity index (χ0v) is 19.5. The summed E-state index contributed by atoms with van der Waals surface area (Å²) in [5.74, 6) is -0.0842. The van der Waals surface area contributed by atoms with Gasteiger partial charge in [0.1, 0.15) is 11.4 Å². The molecule has 9 heteroatoms. The average molecular weight is 514 g/mol. The van der Waals surface area contributed by atoms with E-state index in [-0.39, 0.29) is 22.1 Å². The smallest absolute Gasteiger partial charge is 0.292 e. The molecule has 3 rings (SSSR count). The third kappa shape index (κ3) is 6.35. The van der Waals surface area contributed by atoms with Gasteiger partial charge in [0.05, 0.1) is 17.1 Å². The monoisotopic (exact) mass is 513 g/mol. The largest absolute Gasteiger partial charge is 0.492 e. The lowest BCUT2D eigenvalue weighted by Gasteiger charge is -2.14. The van der Waals surface area contributed by atoms with Crippen molar-refractivity contribution in [3.63, 3.8) is 0 Å². The zero-order valence-electron chi connectivity index (χ0n) is 17.1. The maximum absolute atomic E-state index is 12.9. The average Bonchev–Trinajstić information content (AvgIpc) is 2.76. The number of aryl methyl sites for hydroxylation is 1. The first-order valence-electron chi connectivity index (χ1n) is 9.67. The van der Waals surface area contributed by atoms with Gasteiger partial charge in [-0.3, -0.25) is 20.2 Å². The SMILES string of the molecule is Cc1ccc(NC(=S)NC(=O)c2cc(Br)ccc2OCCc2ccccc2)c([N+](=O)[O-])c1.